The summed E-state index contributed by atoms with van der Waals surface area (Å²) >= 11 is 0. The van der Waals surface area contributed by atoms with Crippen LogP contribution in [0.15, 0.2) is 30.3 Å². The van der Waals surface area contributed by atoms with Crippen LogP contribution in [-0.4, -0.2) is 63.2 Å². The number of fused-ring (bicyclic) bond motifs is 1. The maximum atomic E-state index is 15.5. The largest absolute Gasteiger partial charge is 0.506 e. The fraction of sp³-hybridized carbons (Fsp3) is 0.364. The molecule has 9 nitrogen and oxygen atoms in total. The molecular formula is C22H22FN3O6S2. The van der Waals surface area contributed by atoms with Gasteiger partial charge >= 0.3 is 0 Å². The molecule has 1 saturated heterocycles. The Labute approximate surface area is 196 Å². The predicted molar refractivity (Wildman–Crippen MR) is 125 cm³/mol. The highest BCUT2D eigenvalue weighted by Crippen LogP contribution is 2.40. The number of carbonyl (C=O) groups excluding carboxylic acids is 1. The summed E-state index contributed by atoms with van der Waals surface area (Å²) in [5, 5.41) is 19.3. The molecule has 1 fully saturated rings. The molecule has 0 spiro atoms. The van der Waals surface area contributed by atoms with Crippen molar-refractivity contribution in [3.05, 3.63) is 41.7 Å². The Morgan fingerprint density at radius 1 is 1.18 bits per heavy atom. The number of ketones is 1. The summed E-state index contributed by atoms with van der Waals surface area (Å²) in [4.78, 5) is 11.7. The normalized spacial score (nSPS) is 18.4. The quantitative estimate of drug-likeness (QED) is 0.567. The zero-order valence-electron chi connectivity index (χ0n) is 18.1. The first-order chi connectivity index (χ1) is 16.0. The Hall–Kier alpha value is -3.01. The van der Waals surface area contributed by atoms with Crippen LogP contribution in [0.4, 0.5) is 10.1 Å². The van der Waals surface area contributed by atoms with E-state index in [4.69, 9.17) is 5.26 Å². The highest BCUT2D eigenvalue weighted by Gasteiger charge is 2.38. The Morgan fingerprint density at radius 3 is 2.62 bits per heavy atom. The lowest BCUT2D eigenvalue weighted by molar-refractivity contribution is -0.114. The number of phenols is 1. The molecule has 0 unspecified atom stereocenters. The Balaban J connectivity index is 1.62. The molecule has 34 heavy (non-hydrogen) atoms. The summed E-state index contributed by atoms with van der Waals surface area (Å²) in [6, 6.07) is 7.93. The average Bonchev–Trinajstić information content (AvgIpc) is 3.36. The van der Waals surface area contributed by atoms with Gasteiger partial charge in [0.25, 0.3) is 0 Å². The van der Waals surface area contributed by atoms with E-state index >= 15 is 4.39 Å². The molecule has 0 atom stereocenters. The molecule has 0 radical (unpaired) electrons. The first-order valence-electron chi connectivity index (χ1n) is 10.5. The molecule has 0 aliphatic carbocycles. The third kappa shape index (κ3) is 4.51. The van der Waals surface area contributed by atoms with Gasteiger partial charge in [0.15, 0.2) is 11.6 Å². The van der Waals surface area contributed by atoms with E-state index in [0.717, 1.165) is 0 Å². The number of nitrogens with zero attached hydrogens (tertiary/aromatic N) is 3. The molecule has 180 valence electrons. The molecular weight excluding hydrogens is 485 g/mol. The number of anilines is 1. The van der Waals surface area contributed by atoms with E-state index in [2.05, 4.69) is 0 Å². The van der Waals surface area contributed by atoms with Crippen LogP contribution >= 0.6 is 0 Å². The molecule has 0 bridgehead atoms. The minimum atomic E-state index is -4.08. The lowest BCUT2D eigenvalue weighted by Gasteiger charge is -2.19. The van der Waals surface area contributed by atoms with Crippen molar-refractivity contribution in [2.75, 3.05) is 35.4 Å². The van der Waals surface area contributed by atoms with E-state index in [9.17, 15) is 26.7 Å². The number of rotatable bonds is 7. The number of hydrogen-bond donors (Lipinski definition) is 1. The van der Waals surface area contributed by atoms with E-state index in [-0.39, 0.29) is 24.2 Å². The van der Waals surface area contributed by atoms with E-state index in [1.807, 2.05) is 6.07 Å². The zero-order chi connectivity index (χ0) is 24.7. The molecule has 2 aromatic carbocycles. The van der Waals surface area contributed by atoms with E-state index in [1.165, 1.54) is 16.4 Å². The molecule has 0 aromatic heterocycles. The van der Waals surface area contributed by atoms with Gasteiger partial charge in [-0.2, -0.15) is 9.57 Å². The molecule has 1 N–H and O–H groups in total. The maximum Gasteiger partial charge on any atom is 0.243 e. The number of halogens is 1. The number of nitriles is 1. The van der Waals surface area contributed by atoms with Gasteiger partial charge in [-0.15, -0.1) is 0 Å². The van der Waals surface area contributed by atoms with Crippen LogP contribution in [0.1, 0.15) is 24.8 Å². The lowest BCUT2D eigenvalue weighted by Crippen LogP contribution is -2.31. The van der Waals surface area contributed by atoms with Crippen molar-refractivity contribution in [1.29, 1.82) is 5.26 Å². The van der Waals surface area contributed by atoms with Crippen molar-refractivity contribution < 1.29 is 31.1 Å². The first-order valence-corrected chi connectivity index (χ1v) is 13.8. The third-order valence-corrected chi connectivity index (χ3v) is 9.41. The van der Waals surface area contributed by atoms with Gasteiger partial charge in [0.05, 0.1) is 18.4 Å². The summed E-state index contributed by atoms with van der Waals surface area (Å²) in [7, 11) is -7.60. The smallest absolute Gasteiger partial charge is 0.243 e. The SMILES string of the molecule is N#CCCCCS(=O)(=O)N1CC=C(c2ccc3cc(O)c(N4CC(=O)CS4(=O)=O)c(F)c3c2)C1. The fourth-order valence-electron chi connectivity index (χ4n) is 4.14. The van der Waals surface area contributed by atoms with Gasteiger partial charge in [-0.1, -0.05) is 18.2 Å². The summed E-state index contributed by atoms with van der Waals surface area (Å²) in [5.74, 6) is -2.98. The number of unbranched alkanes of at least 4 members (excludes halogenated alkanes) is 2. The minimum absolute atomic E-state index is 0.0403. The van der Waals surface area contributed by atoms with Crippen molar-refractivity contribution in [1.82, 2.24) is 4.31 Å². The summed E-state index contributed by atoms with van der Waals surface area (Å²) in [6.45, 7) is -0.274. The minimum Gasteiger partial charge on any atom is -0.506 e. The second-order valence-electron chi connectivity index (χ2n) is 8.25. The van der Waals surface area contributed by atoms with Crippen molar-refractivity contribution >= 4 is 47.9 Å². The summed E-state index contributed by atoms with van der Waals surface area (Å²) in [6.07, 6.45) is 2.92. The van der Waals surface area contributed by atoms with Gasteiger partial charge in [-0.3, -0.25) is 9.10 Å². The van der Waals surface area contributed by atoms with Crippen molar-refractivity contribution in [2.45, 2.75) is 19.3 Å². The molecule has 0 amide bonds. The standard InChI is InChI=1S/C22H22FN3O6S2/c23-21-19-10-15(17-6-8-25(12-17)33(29,30)9-3-1-2-7-24)4-5-16(19)11-20(28)22(21)26-13-18(27)14-34(26,31)32/h4-6,10-11,28H,1-3,8-9,12-14H2. The average molecular weight is 508 g/mol. The van der Waals surface area contributed by atoms with Crippen LogP contribution in [0.2, 0.25) is 0 Å². The molecule has 2 aromatic rings. The number of carbonyl (C=O) groups is 1. The number of hydrogen-bond acceptors (Lipinski definition) is 7. The topological polar surface area (TPSA) is 136 Å². The Morgan fingerprint density at radius 2 is 1.94 bits per heavy atom. The predicted octanol–water partition coefficient (Wildman–Crippen LogP) is 2.13. The number of phenolic OH excluding ortho intramolecular Hbond substituents is 1. The second kappa shape index (κ2) is 8.98. The molecule has 2 heterocycles. The molecule has 2 aliphatic heterocycles. The van der Waals surface area contributed by atoms with E-state index in [0.29, 0.717) is 40.1 Å². The Kier molecular flexibility index (Phi) is 6.37. The van der Waals surface area contributed by atoms with Gasteiger partial charge in [0, 0.05) is 24.9 Å². The third-order valence-electron chi connectivity index (χ3n) is 5.87. The molecule has 4 rings (SSSR count). The monoisotopic (exact) mass is 507 g/mol. The number of Topliss-reactive ketones (excluding diaryl/α,β-unsaturated/α-hetero) is 1. The first kappa shape index (κ1) is 24.1. The van der Waals surface area contributed by atoms with Crippen molar-refractivity contribution in [3.8, 4) is 11.8 Å². The highest BCUT2D eigenvalue weighted by molar-refractivity contribution is 7.94. The number of sulfonamides is 2. The summed E-state index contributed by atoms with van der Waals surface area (Å²) in [5.41, 5.74) is 0.656. The van der Waals surface area contributed by atoms with E-state index < -0.39 is 55.4 Å². The van der Waals surface area contributed by atoms with Crippen LogP contribution in [0, 0.1) is 17.1 Å². The number of benzene rings is 2. The molecule has 2 aliphatic rings. The van der Waals surface area contributed by atoms with Crippen LogP contribution < -0.4 is 4.31 Å². The van der Waals surface area contributed by atoms with Gasteiger partial charge in [-0.25, -0.2) is 21.2 Å². The fourth-order valence-corrected chi connectivity index (χ4v) is 7.05. The number of aromatic hydroxyl groups is 1. The van der Waals surface area contributed by atoms with E-state index in [1.54, 1.807) is 18.2 Å². The van der Waals surface area contributed by atoms with Crippen LogP contribution in [0.3, 0.4) is 0 Å². The molecule has 12 heteroatoms. The van der Waals surface area contributed by atoms with Crippen LogP contribution in [-0.2, 0) is 24.8 Å². The lowest BCUT2D eigenvalue weighted by atomic mass is 10.0. The Bertz CT molecular complexity index is 1460. The van der Waals surface area contributed by atoms with Crippen molar-refractivity contribution in [3.63, 3.8) is 0 Å². The van der Waals surface area contributed by atoms with Crippen LogP contribution in [0.25, 0.3) is 16.3 Å². The van der Waals surface area contributed by atoms with Crippen LogP contribution in [0.5, 0.6) is 5.75 Å². The second-order valence-corrected chi connectivity index (χ2v) is 12.2. The van der Waals surface area contributed by atoms with Gasteiger partial charge in [0.2, 0.25) is 20.0 Å². The highest BCUT2D eigenvalue weighted by atomic mass is 32.2. The molecule has 0 saturated carbocycles. The van der Waals surface area contributed by atoms with Gasteiger partial charge in [-0.05, 0) is 41.5 Å². The zero-order valence-corrected chi connectivity index (χ0v) is 19.7. The van der Waals surface area contributed by atoms with Gasteiger partial charge < -0.3 is 5.11 Å². The van der Waals surface area contributed by atoms with Gasteiger partial charge in [0.1, 0.15) is 17.2 Å². The van der Waals surface area contributed by atoms with Crippen molar-refractivity contribution in [2.24, 2.45) is 0 Å². The maximum absolute atomic E-state index is 15.5. The summed E-state index contributed by atoms with van der Waals surface area (Å²) < 4.78 is 67.1.